The minimum absolute atomic E-state index is 0.258. The van der Waals surface area contributed by atoms with Crippen molar-refractivity contribution >= 4 is 5.91 Å². The van der Waals surface area contributed by atoms with Crippen LogP contribution in [-0.2, 0) is 11.2 Å². The van der Waals surface area contributed by atoms with Crippen LogP contribution in [0.2, 0.25) is 0 Å². The van der Waals surface area contributed by atoms with Gasteiger partial charge in [0.1, 0.15) is 0 Å². The van der Waals surface area contributed by atoms with Crippen molar-refractivity contribution in [1.29, 1.82) is 0 Å². The van der Waals surface area contributed by atoms with Crippen molar-refractivity contribution in [3.8, 4) is 0 Å². The van der Waals surface area contributed by atoms with E-state index in [0.29, 0.717) is 12.5 Å². The van der Waals surface area contributed by atoms with Crippen molar-refractivity contribution in [3.63, 3.8) is 0 Å². The molecule has 1 aromatic carbocycles. The number of rotatable bonds is 4. The Kier molecular flexibility index (Phi) is 4.59. The lowest BCUT2D eigenvalue weighted by atomic mass is 10.0. The molecule has 1 atom stereocenters. The third-order valence-electron chi connectivity index (χ3n) is 4.08. The number of carbonyl (C=O) groups excluding carboxylic acids is 1. The fourth-order valence-electron chi connectivity index (χ4n) is 2.72. The summed E-state index contributed by atoms with van der Waals surface area (Å²) in [5.74, 6) is 0.258. The first kappa shape index (κ1) is 14.1. The second kappa shape index (κ2) is 6.20. The van der Waals surface area contributed by atoms with Gasteiger partial charge in [0, 0.05) is 26.1 Å². The van der Waals surface area contributed by atoms with E-state index in [0.717, 1.165) is 25.9 Å². The van der Waals surface area contributed by atoms with Crippen LogP contribution < -0.4 is 5.32 Å². The topological polar surface area (TPSA) is 32.3 Å². The molecule has 1 unspecified atom stereocenters. The van der Waals surface area contributed by atoms with E-state index in [1.165, 1.54) is 16.7 Å². The van der Waals surface area contributed by atoms with Crippen LogP contribution in [0, 0.1) is 13.8 Å². The number of hydrogen-bond acceptors (Lipinski definition) is 2. The van der Waals surface area contributed by atoms with Gasteiger partial charge in [-0.3, -0.25) is 4.79 Å². The third kappa shape index (κ3) is 3.57. The molecular formula is C16H24N2O. The first-order chi connectivity index (χ1) is 9.08. The van der Waals surface area contributed by atoms with E-state index in [1.54, 1.807) is 0 Å². The second-order valence-corrected chi connectivity index (χ2v) is 5.58. The molecule has 1 amide bonds. The van der Waals surface area contributed by atoms with Gasteiger partial charge in [0.2, 0.25) is 5.91 Å². The van der Waals surface area contributed by atoms with Crippen LogP contribution in [0.25, 0.3) is 0 Å². The molecule has 0 bridgehead atoms. The minimum Gasteiger partial charge on any atom is -0.341 e. The summed E-state index contributed by atoms with van der Waals surface area (Å²) in [6.07, 6.45) is 2.53. The van der Waals surface area contributed by atoms with E-state index in [9.17, 15) is 4.79 Å². The molecule has 1 heterocycles. The maximum absolute atomic E-state index is 12.2. The molecule has 1 aliphatic rings. The molecule has 2 rings (SSSR count). The molecule has 19 heavy (non-hydrogen) atoms. The number of likely N-dealkylation sites (N-methyl/N-ethyl adjacent to an activating group) is 1. The van der Waals surface area contributed by atoms with Crippen molar-refractivity contribution in [2.24, 2.45) is 0 Å². The molecule has 0 aliphatic carbocycles. The molecule has 1 aliphatic heterocycles. The average Bonchev–Trinajstić information content (AvgIpc) is 2.90. The monoisotopic (exact) mass is 260 g/mol. The van der Waals surface area contributed by atoms with Crippen molar-refractivity contribution in [2.75, 3.05) is 20.1 Å². The summed E-state index contributed by atoms with van der Waals surface area (Å²) in [4.78, 5) is 14.1. The van der Waals surface area contributed by atoms with Crippen LogP contribution in [0.5, 0.6) is 0 Å². The van der Waals surface area contributed by atoms with Crippen LogP contribution in [0.15, 0.2) is 18.2 Å². The van der Waals surface area contributed by atoms with Gasteiger partial charge in [-0.15, -0.1) is 0 Å². The van der Waals surface area contributed by atoms with Crippen molar-refractivity contribution in [2.45, 2.75) is 39.2 Å². The maximum Gasteiger partial charge on any atom is 0.222 e. The number of benzene rings is 1. The highest BCUT2D eigenvalue weighted by Crippen LogP contribution is 2.14. The molecule has 1 aromatic rings. The number of amides is 1. The Balaban J connectivity index is 1.89. The van der Waals surface area contributed by atoms with Gasteiger partial charge in [-0.05, 0) is 44.4 Å². The van der Waals surface area contributed by atoms with Crippen molar-refractivity contribution < 1.29 is 4.79 Å². The van der Waals surface area contributed by atoms with E-state index in [4.69, 9.17) is 0 Å². The zero-order chi connectivity index (χ0) is 13.8. The molecule has 1 fully saturated rings. The molecule has 104 valence electrons. The fourth-order valence-corrected chi connectivity index (χ4v) is 2.72. The molecule has 0 spiro atoms. The normalized spacial score (nSPS) is 18.6. The van der Waals surface area contributed by atoms with Crippen LogP contribution in [0.1, 0.15) is 29.5 Å². The van der Waals surface area contributed by atoms with E-state index in [1.807, 2.05) is 11.9 Å². The Morgan fingerprint density at radius 3 is 2.84 bits per heavy atom. The zero-order valence-corrected chi connectivity index (χ0v) is 12.2. The van der Waals surface area contributed by atoms with Crippen molar-refractivity contribution in [3.05, 3.63) is 34.9 Å². The van der Waals surface area contributed by atoms with Gasteiger partial charge in [0.25, 0.3) is 0 Å². The predicted molar refractivity (Wildman–Crippen MR) is 78.3 cm³/mol. The van der Waals surface area contributed by atoms with Crippen LogP contribution >= 0.6 is 0 Å². The van der Waals surface area contributed by atoms with E-state index in [2.05, 4.69) is 37.4 Å². The highest BCUT2D eigenvalue weighted by atomic mass is 16.2. The first-order valence-corrected chi connectivity index (χ1v) is 7.10. The van der Waals surface area contributed by atoms with Gasteiger partial charge in [-0.25, -0.2) is 0 Å². The van der Waals surface area contributed by atoms with Gasteiger partial charge in [-0.2, -0.15) is 0 Å². The third-order valence-corrected chi connectivity index (χ3v) is 4.08. The zero-order valence-electron chi connectivity index (χ0n) is 12.2. The number of carbonyl (C=O) groups is 1. The molecular weight excluding hydrogens is 236 g/mol. The Labute approximate surface area is 116 Å². The minimum atomic E-state index is 0.258. The SMILES string of the molecule is Cc1ccc(CCC(=O)N(C)C2CCNC2)c(C)c1. The molecule has 3 nitrogen and oxygen atoms in total. The van der Waals surface area contributed by atoms with Gasteiger partial charge >= 0.3 is 0 Å². The summed E-state index contributed by atoms with van der Waals surface area (Å²) in [7, 11) is 1.93. The molecule has 0 radical (unpaired) electrons. The highest BCUT2D eigenvalue weighted by Gasteiger charge is 2.22. The van der Waals surface area contributed by atoms with Crippen LogP contribution in [0.4, 0.5) is 0 Å². The summed E-state index contributed by atoms with van der Waals surface area (Å²) in [5, 5.41) is 3.30. The average molecular weight is 260 g/mol. The second-order valence-electron chi connectivity index (χ2n) is 5.58. The summed E-state index contributed by atoms with van der Waals surface area (Å²) in [6, 6.07) is 6.84. The lowest BCUT2D eigenvalue weighted by molar-refractivity contribution is -0.131. The Bertz CT molecular complexity index is 450. The summed E-state index contributed by atoms with van der Waals surface area (Å²) in [5.41, 5.74) is 3.86. The largest absolute Gasteiger partial charge is 0.341 e. The number of nitrogens with zero attached hydrogens (tertiary/aromatic N) is 1. The van der Waals surface area contributed by atoms with Gasteiger partial charge in [0.05, 0.1) is 0 Å². The Morgan fingerprint density at radius 2 is 2.21 bits per heavy atom. The van der Waals surface area contributed by atoms with Crippen molar-refractivity contribution in [1.82, 2.24) is 10.2 Å². The quantitative estimate of drug-likeness (QED) is 0.898. The summed E-state index contributed by atoms with van der Waals surface area (Å²) < 4.78 is 0. The highest BCUT2D eigenvalue weighted by molar-refractivity contribution is 5.76. The number of aryl methyl sites for hydroxylation is 3. The van der Waals surface area contributed by atoms with Gasteiger partial charge in [-0.1, -0.05) is 23.8 Å². The lowest BCUT2D eigenvalue weighted by Crippen LogP contribution is -2.38. The fraction of sp³-hybridized carbons (Fsp3) is 0.562. The molecule has 1 saturated heterocycles. The Morgan fingerprint density at radius 1 is 1.42 bits per heavy atom. The summed E-state index contributed by atoms with van der Waals surface area (Å²) in [6.45, 7) is 6.19. The molecule has 1 N–H and O–H groups in total. The maximum atomic E-state index is 12.2. The van der Waals surface area contributed by atoms with E-state index in [-0.39, 0.29) is 5.91 Å². The predicted octanol–water partition coefficient (Wildman–Crippen LogP) is 2.06. The first-order valence-electron chi connectivity index (χ1n) is 7.10. The standard InChI is InChI=1S/C16H24N2O/c1-12-4-5-14(13(2)10-12)6-7-16(19)18(3)15-8-9-17-11-15/h4-5,10,15,17H,6-9,11H2,1-3H3. The summed E-state index contributed by atoms with van der Waals surface area (Å²) >= 11 is 0. The Hall–Kier alpha value is -1.35. The van der Waals surface area contributed by atoms with Gasteiger partial charge < -0.3 is 10.2 Å². The van der Waals surface area contributed by atoms with Crippen LogP contribution in [-0.4, -0.2) is 37.0 Å². The van der Waals surface area contributed by atoms with E-state index < -0.39 is 0 Å². The lowest BCUT2D eigenvalue weighted by Gasteiger charge is -2.24. The number of hydrogen-bond donors (Lipinski definition) is 1. The smallest absolute Gasteiger partial charge is 0.222 e. The molecule has 3 heteroatoms. The number of nitrogens with one attached hydrogen (secondary N) is 1. The molecule has 0 aromatic heterocycles. The molecule has 0 saturated carbocycles. The van der Waals surface area contributed by atoms with E-state index >= 15 is 0 Å². The van der Waals surface area contributed by atoms with Gasteiger partial charge in [0.15, 0.2) is 0 Å². The van der Waals surface area contributed by atoms with Crippen LogP contribution in [0.3, 0.4) is 0 Å².